The number of halogens is 3. The zero-order chi connectivity index (χ0) is 26.0. The molecule has 2 aromatic carbocycles. The third-order valence-corrected chi connectivity index (χ3v) is 5.62. The van der Waals surface area contributed by atoms with Crippen molar-refractivity contribution in [2.75, 3.05) is 5.32 Å². The summed E-state index contributed by atoms with van der Waals surface area (Å²) >= 11 is 0. The molecule has 0 atom stereocenters. The standard InChI is InChI=1S/C24H19F3N4O5/c1-13-20-18(29-30-22(32)14-6-4-7-15(12-14)31(34)35)10-5-11-19(20)36-21(13)23(33)28-17-9-3-2-8-16(17)24(25,26)27/h2-4,6-9,12H,5,10-11H2,1H3,(H,28,33)(H,30,32)/b29-18+. The molecule has 1 heterocycles. The van der Waals surface area contributed by atoms with E-state index in [4.69, 9.17) is 4.42 Å². The Bertz CT molecular complexity index is 1390. The maximum atomic E-state index is 13.3. The molecule has 2 N–H and O–H groups in total. The number of nitro groups is 1. The van der Waals surface area contributed by atoms with Gasteiger partial charge < -0.3 is 9.73 Å². The fourth-order valence-electron chi connectivity index (χ4n) is 3.96. The van der Waals surface area contributed by atoms with Crippen molar-refractivity contribution in [1.29, 1.82) is 0 Å². The average Bonchev–Trinajstić information content (AvgIpc) is 3.19. The highest BCUT2D eigenvalue weighted by molar-refractivity contribution is 6.09. The summed E-state index contributed by atoms with van der Waals surface area (Å²) in [4.78, 5) is 35.6. The number of furan rings is 1. The highest BCUT2D eigenvalue weighted by Gasteiger charge is 2.34. The molecule has 0 saturated carbocycles. The molecule has 12 heteroatoms. The Morgan fingerprint density at radius 3 is 2.56 bits per heavy atom. The number of benzene rings is 2. The molecule has 1 aliphatic rings. The van der Waals surface area contributed by atoms with E-state index in [0.717, 1.165) is 18.2 Å². The van der Waals surface area contributed by atoms with E-state index in [9.17, 15) is 32.9 Å². The number of fused-ring (bicyclic) bond motifs is 1. The third kappa shape index (κ3) is 4.97. The van der Waals surface area contributed by atoms with Crippen molar-refractivity contribution >= 4 is 28.9 Å². The van der Waals surface area contributed by atoms with E-state index in [1.165, 1.54) is 30.3 Å². The highest BCUT2D eigenvalue weighted by Crippen LogP contribution is 2.35. The number of hydrogen-bond donors (Lipinski definition) is 2. The van der Waals surface area contributed by atoms with Gasteiger partial charge in [0.1, 0.15) is 5.76 Å². The fraction of sp³-hybridized carbons (Fsp3) is 0.208. The molecule has 1 aliphatic carbocycles. The Labute approximate surface area is 202 Å². The molecule has 0 saturated heterocycles. The molecule has 1 aromatic heterocycles. The summed E-state index contributed by atoms with van der Waals surface area (Å²) in [5.74, 6) is -1.24. The Morgan fingerprint density at radius 2 is 1.83 bits per heavy atom. The van der Waals surface area contributed by atoms with Crippen LogP contribution in [0, 0.1) is 17.0 Å². The number of para-hydroxylation sites is 1. The van der Waals surface area contributed by atoms with E-state index in [0.29, 0.717) is 41.9 Å². The van der Waals surface area contributed by atoms with Crippen LogP contribution in [0.5, 0.6) is 0 Å². The predicted octanol–water partition coefficient (Wildman–Crippen LogP) is 5.24. The monoisotopic (exact) mass is 500 g/mol. The lowest BCUT2D eigenvalue weighted by Crippen LogP contribution is -2.22. The number of amides is 2. The number of anilines is 1. The van der Waals surface area contributed by atoms with E-state index >= 15 is 0 Å². The van der Waals surface area contributed by atoms with Crippen LogP contribution in [0.25, 0.3) is 0 Å². The Hall–Kier alpha value is -4.48. The molecule has 0 bridgehead atoms. The largest absolute Gasteiger partial charge is 0.455 e. The van der Waals surface area contributed by atoms with E-state index in [1.807, 2.05) is 0 Å². The first-order valence-electron chi connectivity index (χ1n) is 10.8. The van der Waals surface area contributed by atoms with E-state index in [1.54, 1.807) is 6.92 Å². The van der Waals surface area contributed by atoms with Crippen molar-refractivity contribution in [3.63, 3.8) is 0 Å². The first-order chi connectivity index (χ1) is 17.1. The van der Waals surface area contributed by atoms with Crippen molar-refractivity contribution in [2.24, 2.45) is 5.10 Å². The van der Waals surface area contributed by atoms with Crippen LogP contribution in [0.3, 0.4) is 0 Å². The second-order valence-corrected chi connectivity index (χ2v) is 8.01. The number of hydrogen-bond acceptors (Lipinski definition) is 6. The van der Waals surface area contributed by atoms with Crippen LogP contribution in [0.15, 0.2) is 58.0 Å². The molecule has 0 aliphatic heterocycles. The molecule has 0 radical (unpaired) electrons. The van der Waals surface area contributed by atoms with E-state index in [2.05, 4.69) is 15.8 Å². The zero-order valence-electron chi connectivity index (χ0n) is 18.8. The maximum Gasteiger partial charge on any atom is 0.418 e. The minimum Gasteiger partial charge on any atom is -0.455 e. The Morgan fingerprint density at radius 1 is 1.08 bits per heavy atom. The number of nitro benzene ring substituents is 1. The summed E-state index contributed by atoms with van der Waals surface area (Å²) in [6.07, 6.45) is -3.14. The van der Waals surface area contributed by atoms with Crippen molar-refractivity contribution < 1.29 is 32.1 Å². The Balaban J connectivity index is 1.58. The van der Waals surface area contributed by atoms with E-state index in [-0.39, 0.29) is 17.0 Å². The van der Waals surface area contributed by atoms with Gasteiger partial charge in [-0.15, -0.1) is 0 Å². The van der Waals surface area contributed by atoms with Crippen molar-refractivity contribution in [2.45, 2.75) is 32.4 Å². The molecule has 2 amide bonds. The number of hydrazone groups is 1. The second kappa shape index (κ2) is 9.64. The van der Waals surface area contributed by atoms with Crippen molar-refractivity contribution in [3.05, 3.63) is 92.4 Å². The molecule has 0 spiro atoms. The van der Waals surface area contributed by atoms with Crippen LogP contribution in [0.1, 0.15) is 56.2 Å². The van der Waals surface area contributed by atoms with Crippen LogP contribution >= 0.6 is 0 Å². The van der Waals surface area contributed by atoms with Gasteiger partial charge in [0, 0.05) is 35.2 Å². The maximum absolute atomic E-state index is 13.3. The van der Waals surface area contributed by atoms with Gasteiger partial charge in [-0.05, 0) is 38.0 Å². The summed E-state index contributed by atoms with van der Waals surface area (Å²) in [7, 11) is 0. The van der Waals surface area contributed by atoms with Gasteiger partial charge in [0.05, 0.1) is 21.9 Å². The number of alkyl halides is 3. The van der Waals surface area contributed by atoms with Gasteiger partial charge in [-0.2, -0.15) is 18.3 Å². The van der Waals surface area contributed by atoms with Gasteiger partial charge in [0.25, 0.3) is 17.5 Å². The SMILES string of the molecule is Cc1c(C(=O)Nc2ccccc2C(F)(F)F)oc2c1/C(=N/NC(=O)c1cccc([N+](=O)[O-])c1)CCC2. The summed E-state index contributed by atoms with van der Waals surface area (Å²) in [5, 5.41) is 17.4. The number of nitrogens with zero attached hydrogens (tertiary/aromatic N) is 2. The average molecular weight is 500 g/mol. The minimum atomic E-state index is -4.65. The van der Waals surface area contributed by atoms with Crippen LogP contribution < -0.4 is 10.7 Å². The first kappa shape index (κ1) is 24.6. The van der Waals surface area contributed by atoms with Crippen molar-refractivity contribution in [1.82, 2.24) is 5.43 Å². The fourth-order valence-corrected chi connectivity index (χ4v) is 3.96. The minimum absolute atomic E-state index is 0.0388. The van der Waals surface area contributed by atoms with Crippen LogP contribution in [-0.2, 0) is 12.6 Å². The predicted molar refractivity (Wildman–Crippen MR) is 123 cm³/mol. The molecule has 0 fully saturated rings. The molecule has 3 aromatic rings. The number of carbonyl (C=O) groups excluding carboxylic acids is 2. The number of carbonyl (C=O) groups is 2. The zero-order valence-corrected chi connectivity index (χ0v) is 18.8. The van der Waals surface area contributed by atoms with Gasteiger partial charge >= 0.3 is 6.18 Å². The molecular formula is C24H19F3N4O5. The smallest absolute Gasteiger partial charge is 0.418 e. The van der Waals surface area contributed by atoms with Crippen LogP contribution in [0.2, 0.25) is 0 Å². The summed E-state index contributed by atoms with van der Waals surface area (Å²) < 4.78 is 45.6. The van der Waals surface area contributed by atoms with Gasteiger partial charge in [0.15, 0.2) is 5.76 Å². The molecule has 186 valence electrons. The number of non-ortho nitro benzene ring substituents is 1. The van der Waals surface area contributed by atoms with Crippen molar-refractivity contribution in [3.8, 4) is 0 Å². The highest BCUT2D eigenvalue weighted by atomic mass is 19.4. The first-order valence-corrected chi connectivity index (χ1v) is 10.8. The normalized spacial score (nSPS) is 14.3. The lowest BCUT2D eigenvalue weighted by molar-refractivity contribution is -0.384. The molecule has 0 unspecified atom stereocenters. The van der Waals surface area contributed by atoms with Crippen LogP contribution in [-0.4, -0.2) is 22.4 Å². The van der Waals surface area contributed by atoms with E-state index < -0.39 is 34.2 Å². The lowest BCUT2D eigenvalue weighted by Gasteiger charge is -2.13. The lowest BCUT2D eigenvalue weighted by atomic mass is 9.93. The van der Waals surface area contributed by atoms with Gasteiger partial charge in [0.2, 0.25) is 0 Å². The second-order valence-electron chi connectivity index (χ2n) is 8.01. The van der Waals surface area contributed by atoms with Gasteiger partial charge in [-0.1, -0.05) is 18.2 Å². The van der Waals surface area contributed by atoms with Crippen LogP contribution in [0.4, 0.5) is 24.5 Å². The topological polar surface area (TPSA) is 127 Å². The number of aryl methyl sites for hydroxylation is 1. The summed E-state index contributed by atoms with van der Waals surface area (Å²) in [6, 6.07) is 9.76. The Kier molecular flexibility index (Phi) is 6.60. The van der Waals surface area contributed by atoms with Gasteiger partial charge in [-0.3, -0.25) is 19.7 Å². The molecule has 36 heavy (non-hydrogen) atoms. The molecule has 9 nitrogen and oxygen atoms in total. The molecular weight excluding hydrogens is 481 g/mol. The van der Waals surface area contributed by atoms with Gasteiger partial charge in [-0.25, -0.2) is 5.43 Å². The number of nitrogens with one attached hydrogen (secondary N) is 2. The summed E-state index contributed by atoms with van der Waals surface area (Å²) in [5.41, 5.74) is 2.06. The molecule has 4 rings (SSSR count). The third-order valence-electron chi connectivity index (χ3n) is 5.62. The number of rotatable bonds is 5. The quantitative estimate of drug-likeness (QED) is 0.366. The summed E-state index contributed by atoms with van der Waals surface area (Å²) in [6.45, 7) is 1.58.